The zero-order valence-corrected chi connectivity index (χ0v) is 18.1. The fraction of sp³-hybridized carbons (Fsp3) is 0.400. The molecule has 2 N–H and O–H groups in total. The van der Waals surface area contributed by atoms with Crippen molar-refractivity contribution < 1.29 is 0 Å². The zero-order chi connectivity index (χ0) is 21.4. The molecule has 3 aromatic rings. The molecule has 6 heteroatoms. The van der Waals surface area contributed by atoms with Crippen molar-refractivity contribution in [2.45, 2.75) is 64.2 Å². The van der Waals surface area contributed by atoms with Crippen molar-refractivity contribution in [2.24, 2.45) is 0 Å². The van der Waals surface area contributed by atoms with E-state index in [0.717, 1.165) is 36.5 Å². The molecule has 31 heavy (non-hydrogen) atoms. The molecule has 0 radical (unpaired) electrons. The fourth-order valence-corrected chi connectivity index (χ4v) is 5.05. The number of aromatic nitrogens is 3. The van der Waals surface area contributed by atoms with Crippen LogP contribution in [0.5, 0.6) is 0 Å². The van der Waals surface area contributed by atoms with Crippen LogP contribution >= 0.6 is 0 Å². The van der Waals surface area contributed by atoms with Crippen LogP contribution in [-0.2, 0) is 6.54 Å². The molecule has 2 fully saturated rings. The Hall–Kier alpha value is -2.99. The minimum Gasteiger partial charge on any atom is -0.367 e. The van der Waals surface area contributed by atoms with Gasteiger partial charge in [0.25, 0.3) is 5.56 Å². The summed E-state index contributed by atoms with van der Waals surface area (Å²) in [4.78, 5) is 26.7. The normalized spacial score (nSPS) is 23.1. The van der Waals surface area contributed by atoms with Gasteiger partial charge < -0.3 is 10.3 Å². The lowest BCUT2D eigenvalue weighted by molar-refractivity contribution is 0.124. The van der Waals surface area contributed by atoms with E-state index in [1.54, 1.807) is 13.1 Å². The van der Waals surface area contributed by atoms with Gasteiger partial charge in [0.15, 0.2) is 0 Å². The van der Waals surface area contributed by atoms with Crippen LogP contribution in [0.25, 0.3) is 11.4 Å². The van der Waals surface area contributed by atoms with Crippen LogP contribution in [0.4, 0.5) is 5.82 Å². The Morgan fingerprint density at radius 1 is 1.06 bits per heavy atom. The molecule has 2 aliphatic heterocycles. The van der Waals surface area contributed by atoms with Gasteiger partial charge in [-0.1, -0.05) is 30.3 Å². The number of anilines is 1. The van der Waals surface area contributed by atoms with Gasteiger partial charge in [-0.05, 0) is 57.2 Å². The second-order valence-corrected chi connectivity index (χ2v) is 8.91. The SMILES string of the molecule is Cc1nc(-c2ccc(NC3CC4CCC(C3)N4Cc3ccccc3)nc2)[nH]c(=O)c1C. The van der Waals surface area contributed by atoms with Crippen molar-refractivity contribution in [3.63, 3.8) is 0 Å². The molecule has 0 spiro atoms. The summed E-state index contributed by atoms with van der Waals surface area (Å²) >= 11 is 0. The molecule has 0 saturated carbocycles. The van der Waals surface area contributed by atoms with Crippen LogP contribution in [0.3, 0.4) is 0 Å². The van der Waals surface area contributed by atoms with Gasteiger partial charge in [-0.25, -0.2) is 9.97 Å². The van der Waals surface area contributed by atoms with E-state index >= 15 is 0 Å². The number of nitrogens with one attached hydrogen (secondary N) is 2. The van der Waals surface area contributed by atoms with E-state index in [1.165, 1.54) is 18.4 Å². The Kier molecular flexibility index (Phi) is 5.32. The molecular weight excluding hydrogens is 386 g/mol. The largest absolute Gasteiger partial charge is 0.367 e. The summed E-state index contributed by atoms with van der Waals surface area (Å²) < 4.78 is 0. The highest BCUT2D eigenvalue weighted by Crippen LogP contribution is 2.37. The standard InChI is InChI=1S/C25H29N5O/c1-16-17(2)27-24(29-25(16)31)19-8-11-23(26-14-19)28-20-12-21-9-10-22(13-20)30(21)15-18-6-4-3-5-7-18/h3-8,11,14,20-22H,9-10,12-13,15H2,1-2H3,(H,26,28)(H,27,29,31). The van der Waals surface area contributed by atoms with Gasteiger partial charge in [0.2, 0.25) is 0 Å². The van der Waals surface area contributed by atoms with Gasteiger partial charge in [-0.2, -0.15) is 0 Å². The molecule has 5 rings (SSSR count). The van der Waals surface area contributed by atoms with Gasteiger partial charge in [-0.15, -0.1) is 0 Å². The first-order chi connectivity index (χ1) is 15.1. The summed E-state index contributed by atoms with van der Waals surface area (Å²) in [6, 6.07) is 16.5. The first-order valence-electron chi connectivity index (χ1n) is 11.2. The Bertz CT molecular complexity index is 1100. The van der Waals surface area contributed by atoms with Crippen LogP contribution in [0, 0.1) is 13.8 Å². The molecule has 2 saturated heterocycles. The number of rotatable bonds is 5. The van der Waals surface area contributed by atoms with Crippen LogP contribution in [0.15, 0.2) is 53.5 Å². The summed E-state index contributed by atoms with van der Waals surface area (Å²) in [5.41, 5.74) is 3.54. The number of hydrogen-bond acceptors (Lipinski definition) is 5. The van der Waals surface area contributed by atoms with E-state index in [9.17, 15) is 4.79 Å². The van der Waals surface area contributed by atoms with Crippen molar-refractivity contribution in [2.75, 3.05) is 5.32 Å². The monoisotopic (exact) mass is 415 g/mol. The van der Waals surface area contributed by atoms with Crippen molar-refractivity contribution in [3.05, 3.63) is 75.8 Å². The predicted molar refractivity (Wildman–Crippen MR) is 123 cm³/mol. The Balaban J connectivity index is 1.24. The molecule has 2 aliphatic rings. The molecule has 4 heterocycles. The number of fused-ring (bicyclic) bond motifs is 2. The van der Waals surface area contributed by atoms with Gasteiger partial charge >= 0.3 is 0 Å². The molecule has 2 aromatic heterocycles. The highest BCUT2D eigenvalue weighted by atomic mass is 16.1. The smallest absolute Gasteiger partial charge is 0.254 e. The van der Waals surface area contributed by atoms with Crippen LogP contribution < -0.4 is 10.9 Å². The maximum absolute atomic E-state index is 12.0. The molecule has 0 aliphatic carbocycles. The van der Waals surface area contributed by atoms with E-state index in [0.29, 0.717) is 29.5 Å². The minimum absolute atomic E-state index is 0.0950. The maximum Gasteiger partial charge on any atom is 0.254 e. The molecule has 6 nitrogen and oxygen atoms in total. The van der Waals surface area contributed by atoms with Crippen LogP contribution in [0.1, 0.15) is 42.5 Å². The lowest BCUT2D eigenvalue weighted by Crippen LogP contribution is -2.46. The molecule has 2 bridgehead atoms. The van der Waals surface area contributed by atoms with E-state index in [4.69, 9.17) is 0 Å². The maximum atomic E-state index is 12.0. The lowest BCUT2D eigenvalue weighted by atomic mass is 9.96. The van der Waals surface area contributed by atoms with Crippen LogP contribution in [-0.4, -0.2) is 38.0 Å². The van der Waals surface area contributed by atoms with Crippen molar-refractivity contribution >= 4 is 5.82 Å². The highest BCUT2D eigenvalue weighted by molar-refractivity contribution is 5.56. The second-order valence-electron chi connectivity index (χ2n) is 8.91. The number of nitrogens with zero attached hydrogens (tertiary/aromatic N) is 3. The topological polar surface area (TPSA) is 73.9 Å². The number of H-pyrrole nitrogens is 1. The van der Waals surface area contributed by atoms with E-state index < -0.39 is 0 Å². The zero-order valence-electron chi connectivity index (χ0n) is 18.1. The summed E-state index contributed by atoms with van der Waals surface area (Å²) in [7, 11) is 0. The third-order valence-electron chi connectivity index (χ3n) is 6.88. The number of benzene rings is 1. The molecule has 160 valence electrons. The number of aromatic amines is 1. The van der Waals surface area contributed by atoms with E-state index in [-0.39, 0.29) is 5.56 Å². The average molecular weight is 416 g/mol. The number of aryl methyl sites for hydroxylation is 1. The Morgan fingerprint density at radius 2 is 1.81 bits per heavy atom. The number of hydrogen-bond donors (Lipinski definition) is 2. The predicted octanol–water partition coefficient (Wildman–Crippen LogP) is 4.06. The summed E-state index contributed by atoms with van der Waals surface area (Å²) in [6.07, 6.45) is 6.66. The third kappa shape index (κ3) is 4.12. The molecular formula is C25H29N5O. The lowest BCUT2D eigenvalue weighted by Gasteiger charge is -2.39. The number of pyridine rings is 1. The average Bonchev–Trinajstić information content (AvgIpc) is 3.01. The first-order valence-corrected chi connectivity index (χ1v) is 11.2. The molecule has 2 atom stereocenters. The summed E-state index contributed by atoms with van der Waals surface area (Å²) in [6.45, 7) is 4.70. The van der Waals surface area contributed by atoms with E-state index in [1.807, 2.05) is 19.1 Å². The second kappa shape index (κ2) is 8.27. The quantitative estimate of drug-likeness (QED) is 0.657. The fourth-order valence-electron chi connectivity index (χ4n) is 5.05. The van der Waals surface area contributed by atoms with Crippen LogP contribution in [0.2, 0.25) is 0 Å². The first kappa shape index (κ1) is 19.9. The Morgan fingerprint density at radius 3 is 2.45 bits per heavy atom. The molecule has 2 unspecified atom stereocenters. The van der Waals surface area contributed by atoms with Gasteiger partial charge in [0, 0.05) is 47.7 Å². The van der Waals surface area contributed by atoms with Crippen molar-refractivity contribution in [1.82, 2.24) is 19.9 Å². The van der Waals surface area contributed by atoms with Gasteiger partial charge in [0.1, 0.15) is 11.6 Å². The Labute approximate surface area is 182 Å². The van der Waals surface area contributed by atoms with Crippen molar-refractivity contribution in [3.8, 4) is 11.4 Å². The molecule has 1 aromatic carbocycles. The minimum atomic E-state index is -0.0950. The summed E-state index contributed by atoms with van der Waals surface area (Å²) in [5.74, 6) is 1.45. The number of piperidine rings is 1. The van der Waals surface area contributed by atoms with E-state index in [2.05, 4.69) is 55.5 Å². The van der Waals surface area contributed by atoms with Gasteiger partial charge in [0.05, 0.1) is 0 Å². The highest BCUT2D eigenvalue weighted by Gasteiger charge is 2.40. The van der Waals surface area contributed by atoms with Gasteiger partial charge in [-0.3, -0.25) is 9.69 Å². The van der Waals surface area contributed by atoms with Crippen molar-refractivity contribution in [1.29, 1.82) is 0 Å². The third-order valence-corrected chi connectivity index (χ3v) is 6.88. The summed E-state index contributed by atoms with van der Waals surface area (Å²) in [5, 5.41) is 3.65. The molecule has 0 amide bonds.